The normalized spacial score (nSPS) is 18.5. The van der Waals surface area contributed by atoms with Gasteiger partial charge in [0.05, 0.1) is 0 Å². The van der Waals surface area contributed by atoms with Crippen molar-refractivity contribution < 1.29 is 4.39 Å². The molecule has 2 aliphatic carbocycles. The highest BCUT2D eigenvalue weighted by Crippen LogP contribution is 2.38. The number of benzene rings is 2. The Kier molecular flexibility index (Phi) is 25.5. The van der Waals surface area contributed by atoms with Gasteiger partial charge in [0, 0.05) is 30.7 Å². The minimum Gasteiger partial charge on any atom is -0.391 e. The second kappa shape index (κ2) is 27.4. The number of allylic oxidation sites excluding steroid dienone is 6. The zero-order valence-electron chi connectivity index (χ0n) is 32.2. The molecule has 4 N–H and O–H groups in total. The number of terminal acetylenes is 1. The largest absolute Gasteiger partial charge is 0.391 e. The van der Waals surface area contributed by atoms with Gasteiger partial charge in [-0.15, -0.1) is 12.8 Å². The van der Waals surface area contributed by atoms with Gasteiger partial charge in [0.1, 0.15) is 5.82 Å². The summed E-state index contributed by atoms with van der Waals surface area (Å²) in [5.74, 6) is -0.171. The standard InChI is InChI=1S/C17H25FN2.C14H23N.C9H13N.C2H6.C2H2/c1-2-20(15-7-8-15)16-9-10-17(19,12-16)11-13-3-5-14(18)6-4-13;1-5-9-13(6-2)10-11-14(7-3)12-15-8-4;1-8-4-3-5-9(6-8)7-10-2;2*1-2/h3-6,15-16H,2,7-12,19H2,1H3;5,7,9-10,12,15H,3,6,8,11H2,1-2,4H3;3-6,10H,7H2,1-2H3;1-2H3;1-2H/b;9-5-,13-10-,14-12-;;;. The number of rotatable bonds is 14. The van der Waals surface area contributed by atoms with Crippen molar-refractivity contribution in [2.45, 2.75) is 124 Å². The molecule has 2 aromatic carbocycles. The van der Waals surface area contributed by atoms with Gasteiger partial charge in [0.2, 0.25) is 0 Å². The Hall–Kier alpha value is -3.43. The molecule has 2 fully saturated rings. The van der Waals surface area contributed by atoms with Crippen molar-refractivity contribution >= 4 is 0 Å². The van der Waals surface area contributed by atoms with Gasteiger partial charge < -0.3 is 16.4 Å². The summed E-state index contributed by atoms with van der Waals surface area (Å²) in [5, 5.41) is 6.30. The SMILES string of the molecule is C#C.C=C/C(=C/NCC)C/C=C(\C=C/C)CC.CC.CCN(C1CC1)C1CCC(N)(Cc2ccc(F)cc2)C1.CNCc1cccc(C)c1. The van der Waals surface area contributed by atoms with Crippen LogP contribution in [0.3, 0.4) is 0 Å². The lowest BCUT2D eigenvalue weighted by molar-refractivity contribution is 0.191. The molecule has 0 spiro atoms. The molecule has 0 aliphatic heterocycles. The molecule has 0 radical (unpaired) electrons. The number of hydrogen-bond acceptors (Lipinski definition) is 4. The molecule has 4 rings (SSSR count). The topological polar surface area (TPSA) is 53.3 Å². The summed E-state index contributed by atoms with van der Waals surface area (Å²) >= 11 is 0. The lowest BCUT2D eigenvalue weighted by atomic mass is 9.90. The first kappa shape index (κ1) is 45.6. The molecule has 5 heteroatoms. The molecule has 2 unspecified atom stereocenters. The van der Waals surface area contributed by atoms with E-state index in [1.807, 2.05) is 52.2 Å². The van der Waals surface area contributed by atoms with E-state index in [2.05, 4.69) is 105 Å². The zero-order valence-corrected chi connectivity index (χ0v) is 32.2. The molecular formula is C44H69FN4. The van der Waals surface area contributed by atoms with Crippen LogP contribution >= 0.6 is 0 Å². The lowest BCUT2D eigenvalue weighted by Gasteiger charge is -2.30. The molecule has 0 amide bonds. The molecule has 4 nitrogen and oxygen atoms in total. The van der Waals surface area contributed by atoms with Gasteiger partial charge in [-0.1, -0.05) is 106 Å². The van der Waals surface area contributed by atoms with E-state index in [4.69, 9.17) is 5.73 Å². The Morgan fingerprint density at radius 1 is 1.02 bits per heavy atom. The summed E-state index contributed by atoms with van der Waals surface area (Å²) in [6.45, 7) is 21.5. The van der Waals surface area contributed by atoms with Gasteiger partial charge in [-0.05, 0) is 121 Å². The van der Waals surface area contributed by atoms with Crippen LogP contribution in [0.2, 0.25) is 0 Å². The lowest BCUT2D eigenvalue weighted by Crippen LogP contribution is -2.43. The van der Waals surface area contributed by atoms with Crippen LogP contribution in [0, 0.1) is 25.6 Å². The quantitative estimate of drug-likeness (QED) is 0.138. The van der Waals surface area contributed by atoms with Crippen molar-refractivity contribution in [1.29, 1.82) is 0 Å². The minimum absolute atomic E-state index is 0.106. The molecule has 2 atom stereocenters. The number of aryl methyl sites for hydroxylation is 1. The Balaban J connectivity index is 0.000000705. The third-order valence-electron chi connectivity index (χ3n) is 8.54. The van der Waals surface area contributed by atoms with Crippen LogP contribution in [0.1, 0.15) is 103 Å². The van der Waals surface area contributed by atoms with E-state index < -0.39 is 0 Å². The van der Waals surface area contributed by atoms with Crippen LogP contribution in [0.5, 0.6) is 0 Å². The van der Waals surface area contributed by atoms with Crippen molar-refractivity contribution in [1.82, 2.24) is 15.5 Å². The minimum atomic E-state index is -0.171. The van der Waals surface area contributed by atoms with Crippen molar-refractivity contribution in [3.05, 3.63) is 119 Å². The molecular weight excluding hydrogens is 604 g/mol. The van der Waals surface area contributed by atoms with Crippen molar-refractivity contribution in [2.75, 3.05) is 20.1 Å². The van der Waals surface area contributed by atoms with E-state index in [9.17, 15) is 4.39 Å². The number of nitrogens with two attached hydrogens (primary N) is 1. The van der Waals surface area contributed by atoms with Gasteiger partial charge in [0.25, 0.3) is 0 Å². The first-order valence-corrected chi connectivity index (χ1v) is 18.4. The number of halogens is 1. The predicted molar refractivity (Wildman–Crippen MR) is 215 cm³/mol. The monoisotopic (exact) mass is 673 g/mol. The second-order valence-corrected chi connectivity index (χ2v) is 12.5. The maximum absolute atomic E-state index is 13.0. The molecule has 2 aromatic rings. The van der Waals surface area contributed by atoms with Crippen LogP contribution in [0.4, 0.5) is 4.39 Å². The molecule has 0 saturated heterocycles. The van der Waals surface area contributed by atoms with E-state index in [0.29, 0.717) is 6.04 Å². The van der Waals surface area contributed by atoms with Gasteiger partial charge in [-0.2, -0.15) is 0 Å². The number of nitrogens with zero attached hydrogens (tertiary/aromatic N) is 1. The molecule has 272 valence electrons. The fourth-order valence-corrected chi connectivity index (χ4v) is 6.05. The maximum Gasteiger partial charge on any atom is 0.123 e. The summed E-state index contributed by atoms with van der Waals surface area (Å²) in [4.78, 5) is 2.65. The average Bonchev–Trinajstić information content (AvgIpc) is 3.89. The second-order valence-electron chi connectivity index (χ2n) is 12.5. The van der Waals surface area contributed by atoms with Gasteiger partial charge in [-0.25, -0.2) is 4.39 Å². The van der Waals surface area contributed by atoms with E-state index in [0.717, 1.165) is 63.3 Å². The van der Waals surface area contributed by atoms with E-state index in [-0.39, 0.29) is 11.4 Å². The first-order chi connectivity index (χ1) is 23.7. The molecule has 49 heavy (non-hydrogen) atoms. The average molecular weight is 673 g/mol. The van der Waals surface area contributed by atoms with Crippen LogP contribution in [-0.4, -0.2) is 42.7 Å². The summed E-state index contributed by atoms with van der Waals surface area (Å²) in [6.07, 6.45) is 27.4. The van der Waals surface area contributed by atoms with Gasteiger partial charge in [0.15, 0.2) is 0 Å². The molecule has 0 heterocycles. The van der Waals surface area contributed by atoms with E-state index >= 15 is 0 Å². The summed E-state index contributed by atoms with van der Waals surface area (Å²) in [6, 6.07) is 16.8. The highest BCUT2D eigenvalue weighted by Gasteiger charge is 2.41. The molecule has 2 aliphatic rings. The van der Waals surface area contributed by atoms with Crippen molar-refractivity contribution in [2.24, 2.45) is 5.73 Å². The Morgan fingerprint density at radius 2 is 1.69 bits per heavy atom. The maximum atomic E-state index is 13.0. The van der Waals surface area contributed by atoms with Gasteiger partial charge in [-0.3, -0.25) is 4.90 Å². The van der Waals surface area contributed by atoms with Crippen LogP contribution in [0.25, 0.3) is 0 Å². The summed E-state index contributed by atoms with van der Waals surface area (Å²) in [5.41, 5.74) is 12.9. The fourth-order valence-electron chi connectivity index (χ4n) is 6.05. The van der Waals surface area contributed by atoms with Gasteiger partial charge >= 0.3 is 0 Å². The third kappa shape index (κ3) is 19.4. The smallest absolute Gasteiger partial charge is 0.123 e. The van der Waals surface area contributed by atoms with Crippen LogP contribution in [-0.2, 0) is 13.0 Å². The Labute approximate surface area is 301 Å². The number of nitrogens with one attached hydrogen (secondary N) is 2. The van der Waals surface area contributed by atoms with Crippen LogP contribution in [0.15, 0.2) is 96.8 Å². The highest BCUT2D eigenvalue weighted by molar-refractivity contribution is 5.25. The zero-order chi connectivity index (χ0) is 37.1. The Bertz CT molecular complexity index is 1260. The van der Waals surface area contributed by atoms with Crippen molar-refractivity contribution in [3.63, 3.8) is 0 Å². The van der Waals surface area contributed by atoms with E-state index in [1.54, 1.807) is 0 Å². The first-order valence-electron chi connectivity index (χ1n) is 18.4. The summed E-state index contributed by atoms with van der Waals surface area (Å²) < 4.78 is 13.0. The summed E-state index contributed by atoms with van der Waals surface area (Å²) in [7, 11) is 1.96. The van der Waals surface area contributed by atoms with Crippen LogP contribution < -0.4 is 16.4 Å². The highest BCUT2D eigenvalue weighted by atomic mass is 19.1. The molecule has 2 saturated carbocycles. The van der Waals surface area contributed by atoms with E-state index in [1.165, 1.54) is 53.7 Å². The molecule has 0 bridgehead atoms. The predicted octanol–water partition coefficient (Wildman–Crippen LogP) is 10.1. The fraction of sp³-hybridized carbons (Fsp3) is 0.500. The number of hydrogen-bond donors (Lipinski definition) is 3. The Morgan fingerprint density at radius 3 is 2.20 bits per heavy atom. The van der Waals surface area contributed by atoms with Crippen molar-refractivity contribution in [3.8, 4) is 12.8 Å². The third-order valence-corrected chi connectivity index (χ3v) is 8.54. The molecule has 0 aromatic heterocycles.